The fourth-order valence-corrected chi connectivity index (χ4v) is 2.75. The summed E-state index contributed by atoms with van der Waals surface area (Å²) >= 11 is 6.21. The average Bonchev–Trinajstić information content (AvgIpc) is 2.46. The second-order valence-corrected chi connectivity index (χ2v) is 5.08. The molecule has 5 heteroatoms. The second kappa shape index (κ2) is 5.94. The first kappa shape index (κ1) is 13.7. The van der Waals surface area contributed by atoms with Crippen LogP contribution in [0.2, 0.25) is 5.02 Å². The van der Waals surface area contributed by atoms with Crippen LogP contribution >= 0.6 is 11.6 Å². The van der Waals surface area contributed by atoms with E-state index in [0.29, 0.717) is 17.1 Å². The van der Waals surface area contributed by atoms with Gasteiger partial charge >= 0.3 is 0 Å². The summed E-state index contributed by atoms with van der Waals surface area (Å²) in [5.41, 5.74) is 1.45. The van der Waals surface area contributed by atoms with Crippen molar-refractivity contribution in [3.8, 4) is 6.07 Å². The molecule has 1 aromatic carbocycles. The molecule has 2 rings (SSSR count). The van der Waals surface area contributed by atoms with Gasteiger partial charge in [-0.2, -0.15) is 5.26 Å². The molecular formula is C14H16ClN3O. The number of halogens is 1. The van der Waals surface area contributed by atoms with Crippen molar-refractivity contribution < 1.29 is 4.79 Å². The third-order valence-electron chi connectivity index (χ3n) is 3.46. The largest absolute Gasteiger partial charge is 0.370 e. The highest BCUT2D eigenvalue weighted by Crippen LogP contribution is 2.30. The normalized spacial score (nSPS) is 18.8. The van der Waals surface area contributed by atoms with Gasteiger partial charge in [-0.15, -0.1) is 0 Å². The van der Waals surface area contributed by atoms with Gasteiger partial charge in [-0.05, 0) is 31.0 Å². The fraction of sp³-hybridized carbons (Fsp3) is 0.429. The Morgan fingerprint density at radius 3 is 3.00 bits per heavy atom. The number of hydrogen-bond donors (Lipinski definition) is 1. The number of rotatable bonds is 2. The lowest BCUT2D eigenvalue weighted by atomic mass is 9.96. The van der Waals surface area contributed by atoms with E-state index in [1.54, 1.807) is 19.2 Å². The van der Waals surface area contributed by atoms with Crippen LogP contribution in [0.15, 0.2) is 18.2 Å². The smallest absolute Gasteiger partial charge is 0.224 e. The van der Waals surface area contributed by atoms with Crippen molar-refractivity contribution in [3.05, 3.63) is 28.8 Å². The average molecular weight is 278 g/mol. The number of nitrogens with zero attached hydrogens (tertiary/aromatic N) is 2. The molecule has 0 aliphatic carbocycles. The van der Waals surface area contributed by atoms with Gasteiger partial charge in [-0.25, -0.2) is 0 Å². The van der Waals surface area contributed by atoms with Gasteiger partial charge in [-0.3, -0.25) is 4.79 Å². The topological polar surface area (TPSA) is 56.1 Å². The van der Waals surface area contributed by atoms with E-state index >= 15 is 0 Å². The van der Waals surface area contributed by atoms with E-state index < -0.39 is 0 Å². The maximum absolute atomic E-state index is 11.7. The SMILES string of the molecule is CNC(=O)C1CCCN(c2ccc(C#N)cc2Cl)C1. The van der Waals surface area contributed by atoms with E-state index in [-0.39, 0.29) is 11.8 Å². The predicted molar refractivity (Wildman–Crippen MR) is 75.2 cm³/mol. The fourth-order valence-electron chi connectivity index (χ4n) is 2.45. The van der Waals surface area contributed by atoms with Crippen LogP contribution < -0.4 is 10.2 Å². The molecule has 0 spiro atoms. The Kier molecular flexibility index (Phi) is 4.28. The molecule has 1 atom stereocenters. The van der Waals surface area contributed by atoms with Crippen molar-refractivity contribution in [1.29, 1.82) is 5.26 Å². The molecule has 0 radical (unpaired) electrons. The summed E-state index contributed by atoms with van der Waals surface area (Å²) in [5, 5.41) is 12.1. The number of nitrogens with one attached hydrogen (secondary N) is 1. The summed E-state index contributed by atoms with van der Waals surface area (Å²) in [6.45, 7) is 1.56. The Hall–Kier alpha value is -1.73. The van der Waals surface area contributed by atoms with Crippen molar-refractivity contribution in [3.63, 3.8) is 0 Å². The van der Waals surface area contributed by atoms with Gasteiger partial charge in [0.25, 0.3) is 0 Å². The molecule has 1 aliphatic heterocycles. The predicted octanol–water partition coefficient (Wildman–Crippen LogP) is 2.17. The van der Waals surface area contributed by atoms with Gasteiger partial charge in [0.05, 0.1) is 28.3 Å². The molecule has 0 saturated carbocycles. The monoisotopic (exact) mass is 277 g/mol. The van der Waals surface area contributed by atoms with Crippen LogP contribution in [0.3, 0.4) is 0 Å². The van der Waals surface area contributed by atoms with Crippen molar-refractivity contribution >= 4 is 23.2 Å². The van der Waals surface area contributed by atoms with E-state index in [4.69, 9.17) is 16.9 Å². The van der Waals surface area contributed by atoms with Crippen molar-refractivity contribution in [2.45, 2.75) is 12.8 Å². The van der Waals surface area contributed by atoms with E-state index in [9.17, 15) is 4.79 Å². The molecule has 1 N–H and O–H groups in total. The lowest BCUT2D eigenvalue weighted by Gasteiger charge is -2.34. The van der Waals surface area contributed by atoms with Gasteiger partial charge in [0.15, 0.2) is 0 Å². The van der Waals surface area contributed by atoms with Crippen LogP contribution in [0.5, 0.6) is 0 Å². The maximum atomic E-state index is 11.7. The lowest BCUT2D eigenvalue weighted by molar-refractivity contribution is -0.124. The Bertz CT molecular complexity index is 524. The summed E-state index contributed by atoms with van der Waals surface area (Å²) in [6, 6.07) is 7.34. The Morgan fingerprint density at radius 2 is 2.37 bits per heavy atom. The molecule has 0 bridgehead atoms. The number of hydrogen-bond acceptors (Lipinski definition) is 3. The van der Waals surface area contributed by atoms with E-state index in [1.807, 2.05) is 6.07 Å². The highest BCUT2D eigenvalue weighted by Gasteiger charge is 2.26. The third-order valence-corrected chi connectivity index (χ3v) is 3.76. The standard InChI is InChI=1S/C14H16ClN3O/c1-17-14(19)11-3-2-6-18(9-11)13-5-4-10(8-16)7-12(13)15/h4-5,7,11H,2-3,6,9H2,1H3,(H,17,19). The molecule has 1 fully saturated rings. The number of benzene rings is 1. The van der Waals surface area contributed by atoms with Gasteiger partial charge in [0.2, 0.25) is 5.91 Å². The summed E-state index contributed by atoms with van der Waals surface area (Å²) in [5.74, 6) is 0.0833. The van der Waals surface area contributed by atoms with Gasteiger partial charge in [-0.1, -0.05) is 11.6 Å². The quantitative estimate of drug-likeness (QED) is 0.901. The molecule has 1 unspecified atom stereocenters. The zero-order chi connectivity index (χ0) is 13.8. The first-order valence-electron chi connectivity index (χ1n) is 6.32. The first-order chi connectivity index (χ1) is 9.15. The molecule has 19 heavy (non-hydrogen) atoms. The van der Waals surface area contributed by atoms with Crippen LogP contribution in [0, 0.1) is 17.2 Å². The lowest BCUT2D eigenvalue weighted by Crippen LogP contribution is -2.42. The molecule has 0 aromatic heterocycles. The molecule has 4 nitrogen and oxygen atoms in total. The molecule has 1 saturated heterocycles. The van der Waals surface area contributed by atoms with Crippen molar-refractivity contribution in [2.75, 3.05) is 25.0 Å². The second-order valence-electron chi connectivity index (χ2n) is 4.68. The number of amides is 1. The van der Waals surface area contributed by atoms with Crippen LogP contribution in [0.1, 0.15) is 18.4 Å². The summed E-state index contributed by atoms with van der Waals surface area (Å²) < 4.78 is 0. The zero-order valence-corrected chi connectivity index (χ0v) is 11.6. The number of piperidine rings is 1. The highest BCUT2D eigenvalue weighted by atomic mass is 35.5. The van der Waals surface area contributed by atoms with Crippen LogP contribution in [0.4, 0.5) is 5.69 Å². The summed E-state index contributed by atoms with van der Waals surface area (Å²) in [6.07, 6.45) is 1.87. The minimum absolute atomic E-state index is 0.00506. The van der Waals surface area contributed by atoms with E-state index in [2.05, 4.69) is 16.3 Å². The zero-order valence-electron chi connectivity index (χ0n) is 10.8. The Morgan fingerprint density at radius 1 is 1.58 bits per heavy atom. The highest BCUT2D eigenvalue weighted by molar-refractivity contribution is 6.33. The van der Waals surface area contributed by atoms with Crippen LogP contribution in [-0.4, -0.2) is 26.0 Å². The summed E-state index contributed by atoms with van der Waals surface area (Å²) in [7, 11) is 1.66. The number of carbonyl (C=O) groups is 1. The van der Waals surface area contributed by atoms with Crippen molar-refractivity contribution in [1.82, 2.24) is 5.32 Å². The first-order valence-corrected chi connectivity index (χ1v) is 6.69. The number of carbonyl (C=O) groups excluding carboxylic acids is 1. The number of anilines is 1. The molecule has 1 aromatic rings. The maximum Gasteiger partial charge on any atom is 0.224 e. The van der Waals surface area contributed by atoms with Gasteiger partial charge in [0.1, 0.15) is 0 Å². The molecule has 100 valence electrons. The Balaban J connectivity index is 2.18. The summed E-state index contributed by atoms with van der Waals surface area (Å²) in [4.78, 5) is 13.8. The minimum Gasteiger partial charge on any atom is -0.370 e. The molecule has 1 heterocycles. The number of nitriles is 1. The van der Waals surface area contributed by atoms with E-state index in [1.165, 1.54) is 0 Å². The van der Waals surface area contributed by atoms with Gasteiger partial charge < -0.3 is 10.2 Å². The Labute approximate surface area is 118 Å². The van der Waals surface area contributed by atoms with Crippen LogP contribution in [-0.2, 0) is 4.79 Å². The third kappa shape index (κ3) is 2.99. The van der Waals surface area contributed by atoms with Crippen molar-refractivity contribution in [2.24, 2.45) is 5.92 Å². The van der Waals surface area contributed by atoms with E-state index in [0.717, 1.165) is 25.1 Å². The molecule has 1 amide bonds. The van der Waals surface area contributed by atoms with Gasteiger partial charge in [0, 0.05) is 20.1 Å². The molecule has 1 aliphatic rings. The minimum atomic E-state index is 0.00506. The van der Waals surface area contributed by atoms with Crippen LogP contribution in [0.25, 0.3) is 0 Å². The molecular weight excluding hydrogens is 262 g/mol.